The molecule has 1 fully saturated rings. The lowest BCUT2D eigenvalue weighted by molar-refractivity contribution is 0.217. The number of benzene rings is 1. The average molecular weight is 340 g/mol. The van der Waals surface area contributed by atoms with Crippen LogP contribution >= 0.6 is 27.3 Å². The minimum absolute atomic E-state index is 0.748. The molecule has 0 aliphatic carbocycles. The summed E-state index contributed by atoms with van der Waals surface area (Å²) in [5.74, 6) is 0.748. The first-order valence-corrected chi connectivity index (χ1v) is 8.30. The molecule has 1 N–H and O–H groups in total. The molecule has 0 bridgehead atoms. The Bertz CT molecular complexity index is 569. The highest BCUT2D eigenvalue weighted by Gasteiger charge is 2.17. The summed E-state index contributed by atoms with van der Waals surface area (Å²) >= 11 is 5.24. The van der Waals surface area contributed by atoms with Gasteiger partial charge in [0.15, 0.2) is 5.13 Å². The van der Waals surface area contributed by atoms with E-state index in [0.29, 0.717) is 0 Å². The largest absolute Gasteiger partial charge is 0.361 e. The predicted octanol–water partition coefficient (Wildman–Crippen LogP) is 3.81. The van der Waals surface area contributed by atoms with E-state index in [2.05, 4.69) is 50.3 Å². The minimum atomic E-state index is 0.748. The third kappa shape index (κ3) is 3.27. The molecule has 0 radical (unpaired) electrons. The van der Waals surface area contributed by atoms with E-state index in [0.717, 1.165) is 27.6 Å². The van der Waals surface area contributed by atoms with Crippen molar-refractivity contribution in [1.29, 1.82) is 0 Å². The van der Waals surface area contributed by atoms with Crippen LogP contribution in [0.3, 0.4) is 0 Å². The van der Waals surface area contributed by atoms with Crippen molar-refractivity contribution in [3.8, 4) is 0 Å². The monoisotopic (exact) mass is 339 g/mol. The van der Waals surface area contributed by atoms with Crippen LogP contribution in [0, 0.1) is 5.92 Å². The second kappa shape index (κ2) is 5.77. The number of piperidine rings is 1. The van der Waals surface area contributed by atoms with Gasteiger partial charge in [0.2, 0.25) is 0 Å². The zero-order chi connectivity index (χ0) is 13.2. The molecule has 1 aromatic carbocycles. The summed E-state index contributed by atoms with van der Waals surface area (Å²) in [6.07, 6.45) is 2.64. The van der Waals surface area contributed by atoms with Gasteiger partial charge in [0.05, 0.1) is 10.2 Å². The quantitative estimate of drug-likeness (QED) is 0.921. The van der Waals surface area contributed by atoms with Crippen LogP contribution in [0.2, 0.25) is 0 Å². The van der Waals surface area contributed by atoms with Crippen LogP contribution in [0.25, 0.3) is 10.2 Å². The molecular formula is C14H18BrN3S. The van der Waals surface area contributed by atoms with Crippen molar-refractivity contribution in [2.45, 2.75) is 12.8 Å². The average Bonchev–Trinajstić information content (AvgIpc) is 2.78. The summed E-state index contributed by atoms with van der Waals surface area (Å²) in [4.78, 5) is 7.05. The number of fused-ring (bicyclic) bond motifs is 1. The summed E-state index contributed by atoms with van der Waals surface area (Å²) in [5, 5.41) is 4.55. The Kier molecular flexibility index (Phi) is 4.05. The molecule has 2 heterocycles. The maximum atomic E-state index is 4.63. The Morgan fingerprint density at radius 3 is 3.26 bits per heavy atom. The first kappa shape index (κ1) is 13.3. The molecule has 1 atom stereocenters. The molecule has 1 unspecified atom stereocenters. The van der Waals surface area contributed by atoms with Crippen LogP contribution in [-0.2, 0) is 0 Å². The van der Waals surface area contributed by atoms with Gasteiger partial charge in [-0.25, -0.2) is 4.98 Å². The molecule has 3 nitrogen and oxygen atoms in total. The first-order chi connectivity index (χ1) is 9.20. The number of likely N-dealkylation sites (tertiary alicyclic amines) is 1. The van der Waals surface area contributed by atoms with Crippen molar-refractivity contribution in [3.05, 3.63) is 22.7 Å². The summed E-state index contributed by atoms with van der Waals surface area (Å²) < 4.78 is 2.35. The van der Waals surface area contributed by atoms with Gasteiger partial charge in [-0.3, -0.25) is 0 Å². The molecule has 1 aliphatic heterocycles. The molecule has 102 valence electrons. The molecule has 5 heteroatoms. The van der Waals surface area contributed by atoms with Gasteiger partial charge in [0.25, 0.3) is 0 Å². The zero-order valence-electron chi connectivity index (χ0n) is 11.0. The van der Waals surface area contributed by atoms with E-state index in [1.165, 1.54) is 30.6 Å². The van der Waals surface area contributed by atoms with E-state index >= 15 is 0 Å². The predicted molar refractivity (Wildman–Crippen MR) is 86.0 cm³/mol. The Hall–Kier alpha value is -0.650. The van der Waals surface area contributed by atoms with Crippen LogP contribution in [-0.4, -0.2) is 36.6 Å². The lowest BCUT2D eigenvalue weighted by atomic mass is 9.99. The van der Waals surface area contributed by atoms with Crippen LogP contribution in [0.4, 0.5) is 5.13 Å². The standard InChI is InChI=1S/C14H18BrN3S/c1-18-6-2-3-10(9-18)8-16-14-17-12-5-4-11(15)7-13(12)19-14/h4-5,7,10H,2-3,6,8-9H2,1H3,(H,16,17). The summed E-state index contributed by atoms with van der Waals surface area (Å²) in [6, 6.07) is 6.24. The fourth-order valence-electron chi connectivity index (χ4n) is 2.65. The molecule has 3 rings (SSSR count). The molecule has 0 saturated carbocycles. The van der Waals surface area contributed by atoms with Gasteiger partial charge in [-0.05, 0) is 50.6 Å². The summed E-state index contributed by atoms with van der Waals surface area (Å²) in [7, 11) is 2.21. The highest BCUT2D eigenvalue weighted by molar-refractivity contribution is 9.10. The van der Waals surface area contributed by atoms with Crippen molar-refractivity contribution >= 4 is 42.6 Å². The molecule has 1 aliphatic rings. The third-order valence-electron chi connectivity index (χ3n) is 3.61. The minimum Gasteiger partial charge on any atom is -0.361 e. The lowest BCUT2D eigenvalue weighted by Crippen LogP contribution is -2.35. The van der Waals surface area contributed by atoms with Crippen LogP contribution in [0.5, 0.6) is 0 Å². The number of nitrogens with one attached hydrogen (secondary N) is 1. The number of halogens is 1. The maximum absolute atomic E-state index is 4.63. The number of rotatable bonds is 3. The van der Waals surface area contributed by atoms with Crippen molar-refractivity contribution < 1.29 is 0 Å². The third-order valence-corrected chi connectivity index (χ3v) is 5.08. The van der Waals surface area contributed by atoms with Crippen LogP contribution < -0.4 is 5.32 Å². The van der Waals surface area contributed by atoms with E-state index in [4.69, 9.17) is 0 Å². The number of hydrogen-bond donors (Lipinski definition) is 1. The number of anilines is 1. The van der Waals surface area contributed by atoms with E-state index in [-0.39, 0.29) is 0 Å². The van der Waals surface area contributed by atoms with Gasteiger partial charge in [0, 0.05) is 17.6 Å². The number of thiazole rings is 1. The Morgan fingerprint density at radius 1 is 1.53 bits per heavy atom. The van der Waals surface area contributed by atoms with Gasteiger partial charge in [-0.2, -0.15) is 0 Å². The van der Waals surface area contributed by atoms with Crippen molar-refractivity contribution in [3.63, 3.8) is 0 Å². The summed E-state index contributed by atoms with van der Waals surface area (Å²) in [6.45, 7) is 3.47. The van der Waals surface area contributed by atoms with Gasteiger partial charge >= 0.3 is 0 Å². The zero-order valence-corrected chi connectivity index (χ0v) is 13.4. The molecule has 1 saturated heterocycles. The van der Waals surface area contributed by atoms with E-state index < -0.39 is 0 Å². The Morgan fingerprint density at radius 2 is 2.42 bits per heavy atom. The molecular weight excluding hydrogens is 322 g/mol. The fraction of sp³-hybridized carbons (Fsp3) is 0.500. The van der Waals surface area contributed by atoms with Crippen LogP contribution in [0.15, 0.2) is 22.7 Å². The van der Waals surface area contributed by atoms with E-state index in [1.54, 1.807) is 11.3 Å². The van der Waals surface area contributed by atoms with Gasteiger partial charge in [-0.1, -0.05) is 27.3 Å². The normalized spacial score (nSPS) is 20.8. The number of aromatic nitrogens is 1. The van der Waals surface area contributed by atoms with Gasteiger partial charge < -0.3 is 10.2 Å². The number of nitrogens with zero attached hydrogens (tertiary/aromatic N) is 2. The SMILES string of the molecule is CN1CCCC(CNc2nc3ccc(Br)cc3s2)C1. The lowest BCUT2D eigenvalue weighted by Gasteiger charge is -2.29. The van der Waals surface area contributed by atoms with Crippen molar-refractivity contribution in [1.82, 2.24) is 9.88 Å². The molecule has 2 aromatic rings. The highest BCUT2D eigenvalue weighted by atomic mass is 79.9. The second-order valence-corrected chi connectivity index (χ2v) is 7.23. The highest BCUT2D eigenvalue weighted by Crippen LogP contribution is 2.28. The molecule has 0 amide bonds. The molecule has 19 heavy (non-hydrogen) atoms. The molecule has 0 spiro atoms. The van der Waals surface area contributed by atoms with Crippen molar-refractivity contribution in [2.75, 3.05) is 32.0 Å². The molecule has 1 aromatic heterocycles. The maximum Gasteiger partial charge on any atom is 0.183 e. The fourth-order valence-corrected chi connectivity index (χ4v) is 4.07. The first-order valence-electron chi connectivity index (χ1n) is 6.69. The van der Waals surface area contributed by atoms with Crippen LogP contribution in [0.1, 0.15) is 12.8 Å². The summed E-state index contributed by atoms with van der Waals surface area (Å²) in [5.41, 5.74) is 1.08. The Labute approximate surface area is 126 Å². The number of hydrogen-bond acceptors (Lipinski definition) is 4. The van der Waals surface area contributed by atoms with Crippen molar-refractivity contribution in [2.24, 2.45) is 5.92 Å². The second-order valence-electron chi connectivity index (χ2n) is 5.28. The van der Waals surface area contributed by atoms with E-state index in [1.807, 2.05) is 6.07 Å². The van der Waals surface area contributed by atoms with Gasteiger partial charge in [-0.15, -0.1) is 0 Å². The van der Waals surface area contributed by atoms with Gasteiger partial charge in [0.1, 0.15) is 0 Å². The topological polar surface area (TPSA) is 28.2 Å². The smallest absolute Gasteiger partial charge is 0.183 e. The van der Waals surface area contributed by atoms with E-state index in [9.17, 15) is 0 Å². The Balaban J connectivity index is 1.65.